The second-order valence-corrected chi connectivity index (χ2v) is 5.82. The summed E-state index contributed by atoms with van der Waals surface area (Å²) >= 11 is 0. The van der Waals surface area contributed by atoms with Crippen molar-refractivity contribution in [3.63, 3.8) is 0 Å². The quantitative estimate of drug-likeness (QED) is 0.887. The summed E-state index contributed by atoms with van der Waals surface area (Å²) in [6.07, 6.45) is 6.45. The SMILES string of the molecule is Cl.c1ccc(CCc2noc(CCC3CCNCC3)n2)cc1. The first kappa shape index (κ1) is 17.0. The van der Waals surface area contributed by atoms with Crippen LogP contribution in [0.3, 0.4) is 0 Å². The summed E-state index contributed by atoms with van der Waals surface area (Å²) in [5.41, 5.74) is 1.32. The molecule has 0 radical (unpaired) electrons. The van der Waals surface area contributed by atoms with Gasteiger partial charge in [-0.1, -0.05) is 35.5 Å². The van der Waals surface area contributed by atoms with Gasteiger partial charge in [-0.2, -0.15) is 4.98 Å². The van der Waals surface area contributed by atoms with Gasteiger partial charge in [-0.25, -0.2) is 0 Å². The van der Waals surface area contributed by atoms with Crippen LogP contribution >= 0.6 is 12.4 Å². The van der Waals surface area contributed by atoms with Gasteiger partial charge in [0.1, 0.15) is 0 Å². The van der Waals surface area contributed by atoms with Gasteiger partial charge >= 0.3 is 0 Å². The summed E-state index contributed by atoms with van der Waals surface area (Å²) in [6.45, 7) is 2.30. The van der Waals surface area contributed by atoms with E-state index in [1.54, 1.807) is 0 Å². The van der Waals surface area contributed by atoms with Crippen molar-refractivity contribution in [2.45, 2.75) is 38.5 Å². The number of nitrogens with one attached hydrogen (secondary N) is 1. The summed E-state index contributed by atoms with van der Waals surface area (Å²) in [4.78, 5) is 4.52. The number of benzene rings is 1. The molecule has 1 saturated heterocycles. The first-order valence-electron chi connectivity index (χ1n) is 7.96. The molecule has 0 saturated carbocycles. The molecule has 0 amide bonds. The van der Waals surface area contributed by atoms with E-state index in [1.807, 2.05) is 6.07 Å². The van der Waals surface area contributed by atoms with E-state index in [4.69, 9.17) is 4.52 Å². The summed E-state index contributed by atoms with van der Waals surface area (Å²) in [7, 11) is 0. The average molecular weight is 322 g/mol. The highest BCUT2D eigenvalue weighted by Crippen LogP contribution is 2.18. The van der Waals surface area contributed by atoms with Crippen LogP contribution in [0.1, 0.15) is 36.5 Å². The van der Waals surface area contributed by atoms with Crippen LogP contribution in [0.4, 0.5) is 0 Å². The number of aromatic nitrogens is 2. The average Bonchev–Trinajstić information content (AvgIpc) is 3.01. The highest BCUT2D eigenvalue weighted by Gasteiger charge is 2.14. The number of hydrogen-bond acceptors (Lipinski definition) is 4. The van der Waals surface area contributed by atoms with Crippen molar-refractivity contribution in [3.8, 4) is 0 Å². The third kappa shape index (κ3) is 5.11. The molecule has 0 unspecified atom stereocenters. The molecule has 1 aromatic heterocycles. The van der Waals surface area contributed by atoms with Crippen molar-refractivity contribution >= 4 is 12.4 Å². The minimum atomic E-state index is 0. The molecule has 1 N–H and O–H groups in total. The number of piperidine rings is 1. The topological polar surface area (TPSA) is 51.0 Å². The van der Waals surface area contributed by atoms with Gasteiger partial charge in [0.2, 0.25) is 5.89 Å². The Hall–Kier alpha value is -1.39. The first-order valence-corrected chi connectivity index (χ1v) is 7.96. The van der Waals surface area contributed by atoms with Crippen molar-refractivity contribution < 1.29 is 4.52 Å². The summed E-state index contributed by atoms with van der Waals surface area (Å²) in [5.74, 6) is 2.45. The molecule has 5 heteroatoms. The molecular formula is C17H24ClN3O. The van der Waals surface area contributed by atoms with Crippen LogP contribution in [-0.4, -0.2) is 23.2 Å². The van der Waals surface area contributed by atoms with Gasteiger partial charge in [0.15, 0.2) is 5.82 Å². The lowest BCUT2D eigenvalue weighted by Crippen LogP contribution is -2.27. The number of halogens is 1. The minimum absolute atomic E-state index is 0. The molecule has 1 aliphatic rings. The monoisotopic (exact) mass is 321 g/mol. The molecule has 0 atom stereocenters. The zero-order valence-corrected chi connectivity index (χ0v) is 13.6. The Bertz CT molecular complexity index is 538. The van der Waals surface area contributed by atoms with Crippen molar-refractivity contribution in [3.05, 3.63) is 47.6 Å². The largest absolute Gasteiger partial charge is 0.339 e. The minimum Gasteiger partial charge on any atom is -0.339 e. The van der Waals surface area contributed by atoms with E-state index in [2.05, 4.69) is 39.7 Å². The number of hydrogen-bond donors (Lipinski definition) is 1. The Balaban J connectivity index is 0.00000176. The fourth-order valence-corrected chi connectivity index (χ4v) is 2.89. The molecule has 0 aliphatic carbocycles. The smallest absolute Gasteiger partial charge is 0.226 e. The maximum absolute atomic E-state index is 5.37. The maximum atomic E-state index is 5.37. The van der Waals surface area contributed by atoms with Crippen molar-refractivity contribution in [1.29, 1.82) is 0 Å². The van der Waals surface area contributed by atoms with Crippen LogP contribution in [0.15, 0.2) is 34.9 Å². The zero-order valence-electron chi connectivity index (χ0n) is 12.8. The molecule has 1 aromatic carbocycles. The maximum Gasteiger partial charge on any atom is 0.226 e. The van der Waals surface area contributed by atoms with Crippen molar-refractivity contribution in [2.75, 3.05) is 13.1 Å². The van der Waals surface area contributed by atoms with E-state index in [9.17, 15) is 0 Å². The van der Waals surface area contributed by atoms with Crippen LogP contribution < -0.4 is 5.32 Å². The third-order valence-electron chi connectivity index (χ3n) is 4.22. The zero-order chi connectivity index (χ0) is 14.3. The second kappa shape index (κ2) is 8.91. The van der Waals surface area contributed by atoms with E-state index < -0.39 is 0 Å². The fourth-order valence-electron chi connectivity index (χ4n) is 2.89. The van der Waals surface area contributed by atoms with E-state index in [0.717, 1.165) is 50.0 Å². The molecular weight excluding hydrogens is 298 g/mol. The first-order chi connectivity index (χ1) is 10.4. The Labute approximate surface area is 138 Å². The lowest BCUT2D eigenvalue weighted by molar-refractivity contribution is 0.323. The molecule has 4 nitrogen and oxygen atoms in total. The second-order valence-electron chi connectivity index (χ2n) is 5.82. The number of aryl methyl sites for hydroxylation is 3. The Morgan fingerprint density at radius 2 is 1.82 bits per heavy atom. The number of nitrogens with zero attached hydrogens (tertiary/aromatic N) is 2. The Morgan fingerprint density at radius 1 is 1.05 bits per heavy atom. The molecule has 3 rings (SSSR count). The predicted octanol–water partition coefficient (Wildman–Crippen LogP) is 3.21. The summed E-state index contributed by atoms with van der Waals surface area (Å²) < 4.78 is 5.37. The normalized spacial score (nSPS) is 15.5. The molecule has 1 fully saturated rings. The highest BCUT2D eigenvalue weighted by atomic mass is 35.5. The molecule has 2 aromatic rings. The van der Waals surface area contributed by atoms with Gasteiger partial charge in [0.25, 0.3) is 0 Å². The van der Waals surface area contributed by atoms with Gasteiger partial charge in [0, 0.05) is 12.8 Å². The van der Waals surface area contributed by atoms with E-state index in [0.29, 0.717) is 0 Å². The Kier molecular flexibility index (Phi) is 6.87. The van der Waals surface area contributed by atoms with E-state index in [1.165, 1.54) is 24.8 Å². The van der Waals surface area contributed by atoms with Crippen LogP contribution in [0.25, 0.3) is 0 Å². The van der Waals surface area contributed by atoms with Crippen molar-refractivity contribution in [1.82, 2.24) is 15.5 Å². The molecule has 2 heterocycles. The lowest BCUT2D eigenvalue weighted by atomic mass is 9.93. The summed E-state index contributed by atoms with van der Waals surface area (Å²) in [6, 6.07) is 10.4. The van der Waals surface area contributed by atoms with Crippen LogP contribution in [-0.2, 0) is 19.3 Å². The van der Waals surface area contributed by atoms with Gasteiger partial charge < -0.3 is 9.84 Å². The van der Waals surface area contributed by atoms with Gasteiger partial charge in [-0.3, -0.25) is 0 Å². The lowest BCUT2D eigenvalue weighted by Gasteiger charge is -2.21. The number of rotatable bonds is 6. The standard InChI is InChI=1S/C17H23N3O.ClH/c1-2-4-14(5-3-1)6-8-16-19-17(21-20-16)9-7-15-10-12-18-13-11-15;/h1-5,15,18H,6-13H2;1H. The third-order valence-corrected chi connectivity index (χ3v) is 4.22. The van der Waals surface area contributed by atoms with Gasteiger partial charge in [-0.15, -0.1) is 12.4 Å². The van der Waals surface area contributed by atoms with E-state index >= 15 is 0 Å². The fraction of sp³-hybridized carbons (Fsp3) is 0.529. The molecule has 120 valence electrons. The molecule has 22 heavy (non-hydrogen) atoms. The van der Waals surface area contributed by atoms with Gasteiger partial charge in [-0.05, 0) is 50.3 Å². The van der Waals surface area contributed by atoms with Crippen LogP contribution in [0.5, 0.6) is 0 Å². The Morgan fingerprint density at radius 3 is 2.59 bits per heavy atom. The van der Waals surface area contributed by atoms with Crippen LogP contribution in [0.2, 0.25) is 0 Å². The van der Waals surface area contributed by atoms with Gasteiger partial charge in [0.05, 0.1) is 0 Å². The molecule has 0 spiro atoms. The molecule has 1 aliphatic heterocycles. The van der Waals surface area contributed by atoms with Crippen molar-refractivity contribution in [2.24, 2.45) is 5.92 Å². The molecule has 0 bridgehead atoms. The highest BCUT2D eigenvalue weighted by molar-refractivity contribution is 5.85. The predicted molar refractivity (Wildman–Crippen MR) is 89.3 cm³/mol. The summed E-state index contributed by atoms with van der Waals surface area (Å²) in [5, 5.41) is 7.49. The van der Waals surface area contributed by atoms with E-state index in [-0.39, 0.29) is 12.4 Å². The van der Waals surface area contributed by atoms with Crippen LogP contribution in [0, 0.1) is 5.92 Å².